The molecule has 7 aromatic carbocycles. The van der Waals surface area contributed by atoms with Crippen LogP contribution in [0.3, 0.4) is 0 Å². The molecular formula is C45H23B5N4O. The van der Waals surface area contributed by atoms with E-state index >= 15 is 0 Å². The number of aromatic nitrogens is 4. The van der Waals surface area contributed by atoms with E-state index in [2.05, 4.69) is 71.3 Å². The molecule has 0 aliphatic rings. The lowest BCUT2D eigenvalue weighted by molar-refractivity contribution is 0.669. The Morgan fingerprint density at radius 3 is 1.75 bits per heavy atom. The third-order valence-corrected chi connectivity index (χ3v) is 10.3. The summed E-state index contributed by atoms with van der Waals surface area (Å²) >= 11 is 0. The van der Waals surface area contributed by atoms with E-state index in [9.17, 15) is 0 Å². The fourth-order valence-corrected chi connectivity index (χ4v) is 7.53. The van der Waals surface area contributed by atoms with Crippen LogP contribution in [0.15, 0.2) is 144 Å². The Hall–Kier alpha value is -6.53. The number of nitrogens with zero attached hydrogens (tertiary/aromatic N) is 4. The summed E-state index contributed by atoms with van der Waals surface area (Å²) in [5.41, 5.74) is 9.39. The Kier molecular flexibility index (Phi) is 7.70. The summed E-state index contributed by atoms with van der Waals surface area (Å²) in [4.78, 5) is 14.8. The van der Waals surface area contributed by atoms with Crippen molar-refractivity contribution < 1.29 is 4.42 Å². The van der Waals surface area contributed by atoms with Crippen LogP contribution < -0.4 is 27.3 Å². The van der Waals surface area contributed by atoms with Crippen molar-refractivity contribution in [1.82, 2.24) is 19.5 Å². The first-order valence-corrected chi connectivity index (χ1v) is 17.7. The van der Waals surface area contributed by atoms with Crippen LogP contribution in [0.4, 0.5) is 0 Å². The molecule has 0 saturated carbocycles. The Morgan fingerprint density at radius 2 is 0.982 bits per heavy atom. The molecule has 3 heterocycles. The number of hydrogen-bond donors (Lipinski definition) is 0. The normalized spacial score (nSPS) is 11.6. The predicted molar refractivity (Wildman–Crippen MR) is 230 cm³/mol. The third-order valence-electron chi connectivity index (χ3n) is 10.3. The molecule has 0 unspecified atom stereocenters. The van der Waals surface area contributed by atoms with Gasteiger partial charge in [0, 0.05) is 43.9 Å². The van der Waals surface area contributed by atoms with Crippen LogP contribution in [-0.2, 0) is 0 Å². The average Bonchev–Trinajstić information content (AvgIpc) is 3.76. The van der Waals surface area contributed by atoms with Gasteiger partial charge in [0.1, 0.15) is 50.4 Å². The van der Waals surface area contributed by atoms with E-state index in [0.29, 0.717) is 17.2 Å². The fraction of sp³-hybridized carbons (Fsp3) is 0. The van der Waals surface area contributed by atoms with Gasteiger partial charge in [-0.2, -0.15) is 0 Å². The van der Waals surface area contributed by atoms with Crippen LogP contribution in [0.25, 0.3) is 94.7 Å². The highest BCUT2D eigenvalue weighted by atomic mass is 16.3. The van der Waals surface area contributed by atoms with Crippen LogP contribution in [-0.4, -0.2) is 58.8 Å². The monoisotopic (exact) mass is 690 g/mol. The summed E-state index contributed by atoms with van der Waals surface area (Å²) in [6.07, 6.45) is 0. The molecule has 0 amide bonds. The van der Waals surface area contributed by atoms with Crippen molar-refractivity contribution in [3.05, 3.63) is 140 Å². The maximum Gasteiger partial charge on any atom is 0.164 e. The maximum absolute atomic E-state index is 6.54. The van der Waals surface area contributed by atoms with Crippen molar-refractivity contribution in [3.63, 3.8) is 0 Å². The SMILES string of the molecule is [B]c1c([B])c([B])c(-c2nc(-c3ccc(-n4c5ccccc5c5cc6oc7ccccc7c6cc54)cc3)nc(-c3cccc(-c4ccccc4)c3)n2)c([B])c1[B]. The lowest BCUT2D eigenvalue weighted by atomic mass is 9.60. The summed E-state index contributed by atoms with van der Waals surface area (Å²) in [6.45, 7) is 0. The molecular weight excluding hydrogens is 667 g/mol. The van der Waals surface area contributed by atoms with Crippen LogP contribution in [0, 0.1) is 0 Å². The largest absolute Gasteiger partial charge is 0.456 e. The average molecular weight is 690 g/mol. The molecule has 0 atom stereocenters. The predicted octanol–water partition coefficient (Wildman–Crippen LogP) is 5.51. The lowest BCUT2D eigenvalue weighted by Gasteiger charge is -2.20. The van der Waals surface area contributed by atoms with Gasteiger partial charge in [0.05, 0.1) is 11.0 Å². The number of para-hydroxylation sites is 2. The smallest absolute Gasteiger partial charge is 0.164 e. The van der Waals surface area contributed by atoms with E-state index in [1.54, 1.807) is 0 Å². The Balaban J connectivity index is 1.15. The van der Waals surface area contributed by atoms with Crippen molar-refractivity contribution >= 4 is 110 Å². The van der Waals surface area contributed by atoms with Gasteiger partial charge in [-0.1, -0.05) is 95.9 Å². The van der Waals surface area contributed by atoms with Crippen molar-refractivity contribution in [2.24, 2.45) is 0 Å². The number of hydrogen-bond acceptors (Lipinski definition) is 4. The van der Waals surface area contributed by atoms with Gasteiger partial charge in [0.25, 0.3) is 0 Å². The summed E-state index contributed by atoms with van der Waals surface area (Å²) in [6, 6.07) is 47.2. The summed E-state index contributed by atoms with van der Waals surface area (Å²) < 4.78 is 8.54. The van der Waals surface area contributed by atoms with E-state index in [0.717, 1.165) is 71.7 Å². The van der Waals surface area contributed by atoms with Gasteiger partial charge in [-0.25, -0.2) is 15.0 Å². The molecule has 0 saturated heterocycles. The second kappa shape index (κ2) is 12.8. The van der Waals surface area contributed by atoms with Crippen molar-refractivity contribution in [2.45, 2.75) is 0 Å². The van der Waals surface area contributed by atoms with E-state index in [1.807, 2.05) is 72.8 Å². The molecule has 55 heavy (non-hydrogen) atoms. The molecule has 10 radical (unpaired) electrons. The number of furan rings is 1. The molecule has 5 nitrogen and oxygen atoms in total. The van der Waals surface area contributed by atoms with Crippen molar-refractivity contribution in [1.29, 1.82) is 0 Å². The minimum atomic E-state index is 0.117. The standard InChI is InChI=1S/C45H23B5N4O/c46-38-37(39(47)41(49)42(50)40(38)48)45-52-43(51-44(53-45)27-12-8-11-26(21-27)24-9-2-1-3-10-24)25-17-19-28(20-18-25)54-33-15-6-4-13-29(33)31-23-36-32(22-34(31)54)30-14-5-7-16-35(30)55-36/h1-23H. The van der Waals surface area contributed by atoms with E-state index in [1.165, 1.54) is 0 Å². The van der Waals surface area contributed by atoms with Gasteiger partial charge < -0.3 is 8.98 Å². The fourth-order valence-electron chi connectivity index (χ4n) is 7.53. The van der Waals surface area contributed by atoms with Crippen LogP contribution in [0.1, 0.15) is 0 Å². The third kappa shape index (κ3) is 5.35. The Morgan fingerprint density at radius 1 is 0.382 bits per heavy atom. The molecule has 0 fully saturated rings. The van der Waals surface area contributed by atoms with E-state index in [4.69, 9.17) is 58.6 Å². The van der Waals surface area contributed by atoms with Crippen molar-refractivity contribution in [2.75, 3.05) is 0 Å². The quantitative estimate of drug-likeness (QED) is 0.224. The first-order valence-electron chi connectivity index (χ1n) is 17.7. The molecule has 244 valence electrons. The zero-order valence-electron chi connectivity index (χ0n) is 29.4. The van der Waals surface area contributed by atoms with Crippen LogP contribution >= 0.6 is 0 Å². The Bertz CT molecular complexity index is 3130. The number of benzene rings is 7. The minimum absolute atomic E-state index is 0.117. The van der Waals surface area contributed by atoms with Gasteiger partial charge in [-0.15, -0.1) is 16.4 Å². The van der Waals surface area contributed by atoms with Gasteiger partial charge in [0.2, 0.25) is 0 Å². The molecule has 0 spiro atoms. The van der Waals surface area contributed by atoms with E-state index < -0.39 is 0 Å². The molecule has 3 aromatic heterocycles. The second-order valence-corrected chi connectivity index (χ2v) is 13.6. The first-order chi connectivity index (χ1) is 26.8. The van der Waals surface area contributed by atoms with E-state index in [-0.39, 0.29) is 33.1 Å². The lowest BCUT2D eigenvalue weighted by Crippen LogP contribution is -2.55. The Labute approximate surface area is 323 Å². The van der Waals surface area contributed by atoms with Gasteiger partial charge >= 0.3 is 0 Å². The molecule has 0 aliphatic heterocycles. The second-order valence-electron chi connectivity index (χ2n) is 13.6. The maximum atomic E-state index is 6.54. The summed E-state index contributed by atoms with van der Waals surface area (Å²) in [5, 5.41) is 4.37. The highest BCUT2D eigenvalue weighted by Gasteiger charge is 2.20. The van der Waals surface area contributed by atoms with Gasteiger partial charge in [0.15, 0.2) is 17.5 Å². The topological polar surface area (TPSA) is 56.7 Å². The highest BCUT2D eigenvalue weighted by molar-refractivity contribution is 6.68. The van der Waals surface area contributed by atoms with Crippen LogP contribution in [0.5, 0.6) is 0 Å². The molecule has 0 aliphatic carbocycles. The summed E-state index contributed by atoms with van der Waals surface area (Å²) in [7, 11) is 31.8. The zero-order chi connectivity index (χ0) is 37.4. The van der Waals surface area contributed by atoms with Gasteiger partial charge in [-0.05, 0) is 65.7 Å². The van der Waals surface area contributed by atoms with Gasteiger partial charge in [-0.3, -0.25) is 0 Å². The first kappa shape index (κ1) is 33.1. The molecule has 10 rings (SSSR count). The zero-order valence-corrected chi connectivity index (χ0v) is 29.4. The number of rotatable bonds is 5. The molecule has 10 aromatic rings. The summed E-state index contributed by atoms with van der Waals surface area (Å²) in [5.74, 6) is 1.06. The molecule has 10 heteroatoms. The highest BCUT2D eigenvalue weighted by Crippen LogP contribution is 2.38. The molecule has 0 N–H and O–H groups in total. The van der Waals surface area contributed by atoms with Crippen molar-refractivity contribution in [3.8, 4) is 51.0 Å². The minimum Gasteiger partial charge on any atom is -0.456 e. The number of fused-ring (bicyclic) bond motifs is 6. The molecule has 0 bridgehead atoms. The van der Waals surface area contributed by atoms with Crippen LogP contribution in [0.2, 0.25) is 0 Å².